The van der Waals surface area contributed by atoms with Crippen molar-refractivity contribution in [3.63, 3.8) is 0 Å². The van der Waals surface area contributed by atoms with E-state index < -0.39 is 28.6 Å². The van der Waals surface area contributed by atoms with E-state index in [4.69, 9.17) is 11.6 Å². The summed E-state index contributed by atoms with van der Waals surface area (Å²) in [6.45, 7) is 0.0722. The second-order valence-electron chi connectivity index (χ2n) is 8.65. The molecule has 0 aromatic heterocycles. The van der Waals surface area contributed by atoms with Crippen LogP contribution in [0.4, 0.5) is 15.8 Å². The van der Waals surface area contributed by atoms with Gasteiger partial charge in [-0.25, -0.2) is 4.39 Å². The highest BCUT2D eigenvalue weighted by atomic mass is 35.5. The maximum Gasteiger partial charge on any atom is 0.268 e. The number of benzene rings is 2. The van der Waals surface area contributed by atoms with E-state index in [1.165, 1.54) is 17.0 Å². The Morgan fingerprint density at radius 3 is 2.66 bits per heavy atom. The van der Waals surface area contributed by atoms with E-state index in [1.807, 2.05) is 6.07 Å². The molecule has 5 rings (SSSR count). The number of carbonyl (C=O) groups excluding carboxylic acids is 3. The molecule has 7 nitrogen and oxygen atoms in total. The number of carbonyl (C=O) groups is 3. The van der Waals surface area contributed by atoms with Gasteiger partial charge in [0.05, 0.1) is 5.41 Å². The molecule has 2 fully saturated rings. The summed E-state index contributed by atoms with van der Waals surface area (Å²) < 4.78 is 13.5. The van der Waals surface area contributed by atoms with Crippen LogP contribution in [0.5, 0.6) is 0 Å². The molecule has 3 amide bonds. The molecule has 1 saturated heterocycles. The van der Waals surface area contributed by atoms with Crippen LogP contribution in [0.25, 0.3) is 0 Å². The average Bonchev–Trinajstić information content (AvgIpc) is 3.18. The van der Waals surface area contributed by atoms with Gasteiger partial charge in [-0.1, -0.05) is 18.0 Å². The summed E-state index contributed by atoms with van der Waals surface area (Å²) in [5.41, 5.74) is -0.200. The van der Waals surface area contributed by atoms with Crippen molar-refractivity contribution in [2.75, 3.05) is 16.8 Å². The molecule has 2 aliphatic heterocycles. The van der Waals surface area contributed by atoms with Gasteiger partial charge in [-0.15, -0.1) is 0 Å². The molecule has 3 aliphatic rings. The molecule has 166 valence electrons. The molecule has 1 spiro atoms. The van der Waals surface area contributed by atoms with Crippen LogP contribution in [-0.2, 0) is 26.3 Å². The van der Waals surface area contributed by atoms with Gasteiger partial charge in [-0.05, 0) is 60.4 Å². The molecule has 32 heavy (non-hydrogen) atoms. The third-order valence-electron chi connectivity index (χ3n) is 6.77. The Hall–Kier alpha value is -2.97. The molecular formula is C23H21ClFN3O4. The van der Waals surface area contributed by atoms with Crippen molar-refractivity contribution in [2.24, 2.45) is 0 Å². The number of nitrogens with zero attached hydrogens (tertiary/aromatic N) is 1. The first-order valence-electron chi connectivity index (χ1n) is 10.5. The van der Waals surface area contributed by atoms with Gasteiger partial charge >= 0.3 is 0 Å². The van der Waals surface area contributed by atoms with Crippen LogP contribution in [0.2, 0.25) is 5.02 Å². The third kappa shape index (κ3) is 3.09. The van der Waals surface area contributed by atoms with E-state index in [9.17, 15) is 23.9 Å². The second kappa shape index (κ2) is 7.28. The number of hydrogen-bond acceptors (Lipinski definition) is 4. The van der Waals surface area contributed by atoms with E-state index in [0.29, 0.717) is 11.3 Å². The van der Waals surface area contributed by atoms with E-state index >= 15 is 0 Å². The Morgan fingerprint density at radius 1 is 1.19 bits per heavy atom. The van der Waals surface area contributed by atoms with Gasteiger partial charge in [0.2, 0.25) is 11.5 Å². The summed E-state index contributed by atoms with van der Waals surface area (Å²) in [7, 11) is 0. The summed E-state index contributed by atoms with van der Waals surface area (Å²) in [4.78, 5) is 39.6. The number of aliphatic hydroxyl groups is 1. The topological polar surface area (TPSA) is 98.7 Å². The van der Waals surface area contributed by atoms with E-state index in [0.717, 1.165) is 36.6 Å². The van der Waals surface area contributed by atoms with Crippen molar-refractivity contribution >= 4 is 40.7 Å². The minimum absolute atomic E-state index is 0.0167. The number of halogens is 2. The molecule has 2 heterocycles. The zero-order valence-corrected chi connectivity index (χ0v) is 17.8. The molecule has 3 N–H and O–H groups in total. The lowest BCUT2D eigenvalue weighted by molar-refractivity contribution is -0.149. The lowest BCUT2D eigenvalue weighted by atomic mass is 9.65. The van der Waals surface area contributed by atoms with Gasteiger partial charge in [0.15, 0.2) is 0 Å². The zero-order chi connectivity index (χ0) is 22.7. The number of rotatable bonds is 4. The van der Waals surface area contributed by atoms with Gasteiger partial charge in [0.1, 0.15) is 5.82 Å². The summed E-state index contributed by atoms with van der Waals surface area (Å²) in [5.74, 6) is -2.14. The molecule has 1 atom stereocenters. The van der Waals surface area contributed by atoms with Gasteiger partial charge < -0.3 is 20.6 Å². The highest BCUT2D eigenvalue weighted by Crippen LogP contribution is 2.52. The van der Waals surface area contributed by atoms with Gasteiger partial charge in [-0.2, -0.15) is 0 Å². The van der Waals surface area contributed by atoms with Crippen molar-refractivity contribution in [1.29, 1.82) is 0 Å². The maximum atomic E-state index is 13.5. The molecule has 9 heteroatoms. The van der Waals surface area contributed by atoms with E-state index in [2.05, 4.69) is 10.6 Å². The number of nitrogens with one attached hydrogen (secondary N) is 2. The maximum absolute atomic E-state index is 13.5. The van der Waals surface area contributed by atoms with Crippen LogP contribution < -0.4 is 15.5 Å². The fourth-order valence-corrected chi connectivity index (χ4v) is 5.04. The summed E-state index contributed by atoms with van der Waals surface area (Å²) in [6, 6.07) is 9.12. The quantitative estimate of drug-likeness (QED) is 0.615. The van der Waals surface area contributed by atoms with Crippen molar-refractivity contribution in [2.45, 2.75) is 43.2 Å². The van der Waals surface area contributed by atoms with E-state index in [-0.39, 0.29) is 30.4 Å². The predicted molar refractivity (Wildman–Crippen MR) is 116 cm³/mol. The van der Waals surface area contributed by atoms with Crippen molar-refractivity contribution in [1.82, 2.24) is 5.32 Å². The zero-order valence-electron chi connectivity index (χ0n) is 17.1. The highest BCUT2D eigenvalue weighted by molar-refractivity contribution is 6.30. The largest absolute Gasteiger partial charge is 0.372 e. The smallest absolute Gasteiger partial charge is 0.268 e. The lowest BCUT2D eigenvalue weighted by Crippen LogP contribution is -2.52. The molecule has 2 aromatic carbocycles. The second-order valence-corrected chi connectivity index (χ2v) is 9.08. The Bertz CT molecular complexity index is 1150. The standard InChI is InChI=1S/C23H21ClFN3O4/c24-14-8-13(9-15(25)10-14)12-26-20(30)23(32)6-7-28(21(23)31)16-2-3-18-17(11-16)22(4-1-5-22)19(29)27-18/h2-3,8-11,32H,1,4-7,12H2,(H,26,30)(H,27,29)/t23-/m0/s1. The fourth-order valence-electron chi connectivity index (χ4n) is 4.80. The molecule has 2 aromatic rings. The predicted octanol–water partition coefficient (Wildman–Crippen LogP) is 2.64. The van der Waals surface area contributed by atoms with Gasteiger partial charge in [0, 0.05) is 35.9 Å². The van der Waals surface area contributed by atoms with Crippen LogP contribution in [-0.4, -0.2) is 35.0 Å². The fraction of sp³-hybridized carbons (Fsp3) is 0.348. The minimum Gasteiger partial charge on any atom is -0.372 e. The summed E-state index contributed by atoms with van der Waals surface area (Å²) >= 11 is 5.83. The lowest BCUT2D eigenvalue weighted by Gasteiger charge is -2.36. The first-order chi connectivity index (χ1) is 15.2. The molecule has 1 aliphatic carbocycles. The van der Waals surface area contributed by atoms with Crippen molar-refractivity contribution < 1.29 is 23.9 Å². The van der Waals surface area contributed by atoms with E-state index in [1.54, 1.807) is 12.1 Å². The first-order valence-corrected chi connectivity index (χ1v) is 10.8. The van der Waals surface area contributed by atoms with Crippen LogP contribution in [0.1, 0.15) is 36.8 Å². The van der Waals surface area contributed by atoms with Crippen molar-refractivity contribution in [3.8, 4) is 0 Å². The van der Waals surface area contributed by atoms with Crippen LogP contribution >= 0.6 is 11.6 Å². The number of anilines is 2. The normalized spacial score (nSPS) is 23.2. The minimum atomic E-state index is -2.22. The van der Waals surface area contributed by atoms with Crippen LogP contribution in [0, 0.1) is 5.82 Å². The SMILES string of the molecule is O=C1Nc2ccc(N3CC[C@](O)(C(=O)NCc4cc(F)cc(Cl)c4)C3=O)cc2C12CCC2. The Morgan fingerprint density at radius 2 is 1.97 bits per heavy atom. The van der Waals surface area contributed by atoms with Crippen LogP contribution in [0.3, 0.4) is 0 Å². The van der Waals surface area contributed by atoms with Crippen molar-refractivity contribution in [3.05, 3.63) is 58.4 Å². The Labute approximate surface area is 188 Å². The van der Waals surface area contributed by atoms with Crippen LogP contribution in [0.15, 0.2) is 36.4 Å². The average molecular weight is 458 g/mol. The third-order valence-corrected chi connectivity index (χ3v) is 6.99. The number of fused-ring (bicyclic) bond motifs is 2. The molecule has 1 saturated carbocycles. The highest BCUT2D eigenvalue weighted by Gasteiger charge is 2.53. The molecular weight excluding hydrogens is 437 g/mol. The summed E-state index contributed by atoms with van der Waals surface area (Å²) in [6.07, 6.45) is 2.41. The first kappa shape index (κ1) is 20.9. The van der Waals surface area contributed by atoms with Gasteiger partial charge in [-0.3, -0.25) is 14.4 Å². The molecule has 0 unspecified atom stereocenters. The number of hydrogen-bond donors (Lipinski definition) is 3. The molecule has 0 radical (unpaired) electrons. The molecule has 0 bridgehead atoms. The van der Waals surface area contributed by atoms with Gasteiger partial charge in [0.25, 0.3) is 11.8 Å². The summed E-state index contributed by atoms with van der Waals surface area (Å²) in [5, 5.41) is 16.5. The Kier molecular flexibility index (Phi) is 4.76. The monoisotopic (exact) mass is 457 g/mol. The number of amides is 3. The Balaban J connectivity index is 1.33.